The van der Waals surface area contributed by atoms with Gasteiger partial charge in [0.05, 0.1) is 6.07 Å². The average Bonchev–Trinajstić information content (AvgIpc) is 2.27. The maximum atomic E-state index is 11.4. The van der Waals surface area contributed by atoms with Crippen LogP contribution in [0.2, 0.25) is 0 Å². The number of carbonyl (C=O) groups is 1. The number of carbonyl (C=O) groups excluding carboxylic acids is 1. The van der Waals surface area contributed by atoms with E-state index in [4.69, 9.17) is 10.00 Å². The second-order valence-electron chi connectivity index (χ2n) is 3.70. The number of amides is 1. The highest BCUT2D eigenvalue weighted by atomic mass is 16.6. The topological polar surface area (TPSA) is 62.1 Å². The maximum Gasteiger partial charge on any atom is 0.413 e. The summed E-state index contributed by atoms with van der Waals surface area (Å²) in [6, 6.07) is 10.2. The first kappa shape index (κ1) is 12.1. The van der Waals surface area contributed by atoms with E-state index in [1.165, 1.54) is 0 Å². The number of nitrogens with zero attached hydrogens (tertiary/aromatic N) is 1. The monoisotopic (exact) mass is 218 g/mol. The Kier molecular flexibility index (Phi) is 4.34. The van der Waals surface area contributed by atoms with Crippen molar-refractivity contribution in [1.82, 2.24) is 5.32 Å². The summed E-state index contributed by atoms with van der Waals surface area (Å²) in [5.41, 5.74) is 0. The minimum Gasteiger partial charge on any atom is -0.410 e. The first-order valence-electron chi connectivity index (χ1n) is 5.06. The van der Waals surface area contributed by atoms with Crippen LogP contribution in [0.1, 0.15) is 13.8 Å². The molecule has 0 fully saturated rings. The van der Waals surface area contributed by atoms with Crippen LogP contribution in [-0.4, -0.2) is 12.1 Å². The first-order valence-corrected chi connectivity index (χ1v) is 5.06. The van der Waals surface area contributed by atoms with E-state index in [0.29, 0.717) is 5.75 Å². The molecule has 16 heavy (non-hydrogen) atoms. The predicted molar refractivity (Wildman–Crippen MR) is 59.8 cm³/mol. The summed E-state index contributed by atoms with van der Waals surface area (Å²) in [5.74, 6) is 0.508. The second kappa shape index (κ2) is 5.76. The number of hydrogen-bond donors (Lipinski definition) is 1. The fourth-order valence-electron chi connectivity index (χ4n) is 1.10. The van der Waals surface area contributed by atoms with Gasteiger partial charge in [0.1, 0.15) is 11.8 Å². The molecule has 4 nitrogen and oxygen atoms in total. The molecule has 1 aromatic carbocycles. The molecule has 4 heteroatoms. The van der Waals surface area contributed by atoms with E-state index in [1.54, 1.807) is 24.3 Å². The van der Waals surface area contributed by atoms with Gasteiger partial charge in [0.2, 0.25) is 0 Å². The molecule has 0 spiro atoms. The Hall–Kier alpha value is -2.02. The molecule has 0 aliphatic carbocycles. The molecule has 1 aromatic rings. The van der Waals surface area contributed by atoms with Gasteiger partial charge in [-0.25, -0.2) is 4.79 Å². The van der Waals surface area contributed by atoms with E-state index in [0.717, 1.165) is 0 Å². The minimum absolute atomic E-state index is 0.0494. The molecule has 0 radical (unpaired) electrons. The van der Waals surface area contributed by atoms with Crippen molar-refractivity contribution in [2.24, 2.45) is 5.92 Å². The lowest BCUT2D eigenvalue weighted by Gasteiger charge is -2.14. The third kappa shape index (κ3) is 3.62. The van der Waals surface area contributed by atoms with Gasteiger partial charge in [-0.15, -0.1) is 0 Å². The summed E-state index contributed by atoms with van der Waals surface area (Å²) in [6.45, 7) is 3.72. The highest BCUT2D eigenvalue weighted by molar-refractivity contribution is 5.71. The van der Waals surface area contributed by atoms with E-state index in [1.807, 2.05) is 26.0 Å². The molecule has 0 heterocycles. The van der Waals surface area contributed by atoms with Crippen molar-refractivity contribution in [2.75, 3.05) is 0 Å². The molecule has 1 amide bonds. The van der Waals surface area contributed by atoms with Crippen molar-refractivity contribution in [1.29, 1.82) is 5.26 Å². The summed E-state index contributed by atoms with van der Waals surface area (Å²) in [4.78, 5) is 11.4. The van der Waals surface area contributed by atoms with E-state index in [2.05, 4.69) is 5.32 Å². The standard InChI is InChI=1S/C12H14N2O2/c1-9(2)11(8-13)14-12(15)16-10-6-4-3-5-7-10/h3-7,9,11H,1-2H3,(H,14,15). The molecule has 0 bridgehead atoms. The molecule has 0 aliphatic rings. The lowest BCUT2D eigenvalue weighted by atomic mass is 10.1. The van der Waals surface area contributed by atoms with Gasteiger partial charge in [0.15, 0.2) is 0 Å². The fourth-order valence-corrected chi connectivity index (χ4v) is 1.10. The van der Waals surface area contributed by atoms with Crippen LogP contribution in [0.15, 0.2) is 30.3 Å². The van der Waals surface area contributed by atoms with Crippen LogP contribution in [0.25, 0.3) is 0 Å². The van der Waals surface area contributed by atoms with Crippen molar-refractivity contribution in [3.05, 3.63) is 30.3 Å². The van der Waals surface area contributed by atoms with Gasteiger partial charge in [-0.2, -0.15) is 5.26 Å². The first-order chi connectivity index (χ1) is 7.63. The Bertz CT molecular complexity index is 382. The van der Waals surface area contributed by atoms with E-state index >= 15 is 0 Å². The third-order valence-corrected chi connectivity index (χ3v) is 2.03. The van der Waals surface area contributed by atoms with Crippen molar-refractivity contribution in [3.8, 4) is 11.8 Å². The number of nitrogens with one attached hydrogen (secondary N) is 1. The zero-order valence-corrected chi connectivity index (χ0v) is 9.31. The van der Waals surface area contributed by atoms with Gasteiger partial charge < -0.3 is 10.1 Å². The summed E-state index contributed by atoms with van der Waals surface area (Å²) < 4.78 is 5.00. The Morgan fingerprint density at radius 3 is 2.50 bits per heavy atom. The SMILES string of the molecule is CC(C)C(C#N)NC(=O)Oc1ccccc1. The Morgan fingerprint density at radius 2 is 2.00 bits per heavy atom. The molecule has 0 saturated carbocycles. The number of benzene rings is 1. The molecule has 1 rings (SSSR count). The zero-order valence-electron chi connectivity index (χ0n) is 9.31. The second-order valence-corrected chi connectivity index (χ2v) is 3.70. The van der Waals surface area contributed by atoms with Crippen molar-refractivity contribution in [2.45, 2.75) is 19.9 Å². The normalized spacial score (nSPS) is 11.6. The van der Waals surface area contributed by atoms with Gasteiger partial charge in [-0.3, -0.25) is 0 Å². The van der Waals surface area contributed by atoms with Crippen LogP contribution in [-0.2, 0) is 0 Å². The van der Waals surface area contributed by atoms with Gasteiger partial charge in [0.25, 0.3) is 0 Å². The zero-order chi connectivity index (χ0) is 12.0. The van der Waals surface area contributed by atoms with Gasteiger partial charge in [-0.1, -0.05) is 32.0 Å². The molecule has 0 saturated heterocycles. The molecule has 1 unspecified atom stereocenters. The Balaban J connectivity index is 2.52. The molecule has 84 valence electrons. The number of ether oxygens (including phenoxy) is 1. The van der Waals surface area contributed by atoms with Gasteiger partial charge in [0, 0.05) is 0 Å². The highest BCUT2D eigenvalue weighted by Crippen LogP contribution is 2.09. The van der Waals surface area contributed by atoms with Crippen LogP contribution >= 0.6 is 0 Å². The van der Waals surface area contributed by atoms with Gasteiger partial charge >= 0.3 is 6.09 Å². The van der Waals surface area contributed by atoms with E-state index < -0.39 is 12.1 Å². The molecular formula is C12H14N2O2. The summed E-state index contributed by atoms with van der Waals surface area (Å²) in [5, 5.41) is 11.3. The van der Waals surface area contributed by atoms with E-state index in [-0.39, 0.29) is 5.92 Å². The fraction of sp³-hybridized carbons (Fsp3) is 0.333. The Morgan fingerprint density at radius 1 is 1.38 bits per heavy atom. The van der Waals surface area contributed by atoms with Crippen LogP contribution in [0.5, 0.6) is 5.75 Å². The molecular weight excluding hydrogens is 204 g/mol. The lowest BCUT2D eigenvalue weighted by molar-refractivity contribution is 0.196. The van der Waals surface area contributed by atoms with Crippen molar-refractivity contribution in [3.63, 3.8) is 0 Å². The maximum absolute atomic E-state index is 11.4. The third-order valence-electron chi connectivity index (χ3n) is 2.03. The van der Waals surface area contributed by atoms with E-state index in [9.17, 15) is 4.79 Å². The minimum atomic E-state index is -0.605. The van der Waals surface area contributed by atoms with Crippen molar-refractivity contribution >= 4 is 6.09 Å². The number of para-hydroxylation sites is 1. The van der Waals surface area contributed by atoms with Gasteiger partial charge in [-0.05, 0) is 18.1 Å². The summed E-state index contributed by atoms with van der Waals surface area (Å²) >= 11 is 0. The molecule has 1 N–H and O–H groups in total. The van der Waals surface area contributed by atoms with Crippen LogP contribution in [0.4, 0.5) is 4.79 Å². The smallest absolute Gasteiger partial charge is 0.410 e. The lowest BCUT2D eigenvalue weighted by Crippen LogP contribution is -2.39. The number of nitriles is 1. The largest absolute Gasteiger partial charge is 0.413 e. The highest BCUT2D eigenvalue weighted by Gasteiger charge is 2.16. The number of hydrogen-bond acceptors (Lipinski definition) is 3. The summed E-state index contributed by atoms with van der Waals surface area (Å²) in [7, 11) is 0. The molecule has 0 aliphatic heterocycles. The molecule has 0 aromatic heterocycles. The molecule has 1 atom stereocenters. The predicted octanol–water partition coefficient (Wildman–Crippen LogP) is 2.32. The number of rotatable bonds is 3. The quantitative estimate of drug-likeness (QED) is 0.846. The van der Waals surface area contributed by atoms with Crippen molar-refractivity contribution < 1.29 is 9.53 Å². The average molecular weight is 218 g/mol. The van der Waals surface area contributed by atoms with Crippen LogP contribution < -0.4 is 10.1 Å². The van der Waals surface area contributed by atoms with Crippen LogP contribution in [0.3, 0.4) is 0 Å². The summed E-state index contributed by atoms with van der Waals surface area (Å²) in [6.07, 6.45) is -0.605. The van der Waals surface area contributed by atoms with Crippen LogP contribution in [0, 0.1) is 17.2 Å². The Labute approximate surface area is 94.8 Å².